The van der Waals surface area contributed by atoms with E-state index < -0.39 is 0 Å². The van der Waals surface area contributed by atoms with E-state index in [4.69, 9.17) is 0 Å². The third kappa shape index (κ3) is 0.638. The Morgan fingerprint density at radius 1 is 1.62 bits per heavy atom. The van der Waals surface area contributed by atoms with Gasteiger partial charge in [0, 0.05) is 0 Å². The van der Waals surface area contributed by atoms with Crippen LogP contribution in [0.25, 0.3) is 0 Å². The molecule has 3 heteroatoms. The largest absolute Gasteiger partial charge is 0.271 e. The lowest BCUT2D eigenvalue weighted by Crippen LogP contribution is -2.20. The van der Waals surface area contributed by atoms with Crippen LogP contribution in [0.3, 0.4) is 0 Å². The van der Waals surface area contributed by atoms with Crippen LogP contribution >= 0.6 is 0 Å². The van der Waals surface area contributed by atoms with Crippen LogP contribution in [0.4, 0.5) is 0 Å². The topological polar surface area (TPSA) is 41.8 Å². The summed E-state index contributed by atoms with van der Waals surface area (Å²) < 4.78 is 0. The van der Waals surface area contributed by atoms with Crippen LogP contribution in [-0.2, 0) is 4.79 Å². The minimum Gasteiger partial charge on any atom is -0.270 e. The van der Waals surface area contributed by atoms with E-state index in [9.17, 15) is 4.79 Å². The van der Waals surface area contributed by atoms with Gasteiger partial charge >= 0.3 is 0 Å². The molecule has 0 saturated heterocycles. The van der Waals surface area contributed by atoms with Crippen LogP contribution in [0.2, 0.25) is 0 Å². The molecule has 0 bridgehead atoms. The van der Waals surface area contributed by atoms with E-state index >= 15 is 0 Å². The third-order valence-corrected chi connectivity index (χ3v) is 1.21. The van der Waals surface area contributed by atoms with E-state index in [1.807, 2.05) is 13.8 Å². The summed E-state index contributed by atoms with van der Waals surface area (Å²) in [6.07, 6.45) is 0. The van der Waals surface area contributed by atoms with Crippen molar-refractivity contribution in [2.45, 2.75) is 13.8 Å². The second kappa shape index (κ2) is 1.37. The van der Waals surface area contributed by atoms with E-state index in [0.29, 0.717) is 6.54 Å². The van der Waals surface area contributed by atoms with E-state index in [0.717, 1.165) is 0 Å². The van der Waals surface area contributed by atoms with E-state index in [1.165, 1.54) is 0 Å². The maximum absolute atomic E-state index is 10.6. The van der Waals surface area contributed by atoms with Crippen LogP contribution in [0.15, 0.2) is 10.2 Å². The summed E-state index contributed by atoms with van der Waals surface area (Å²) in [6, 6.07) is 0. The molecular weight excluding hydrogens is 104 g/mol. The molecule has 0 fully saturated rings. The Hall–Kier alpha value is -0.730. The summed E-state index contributed by atoms with van der Waals surface area (Å²) in [5, 5.41) is 6.97. The molecule has 0 spiro atoms. The van der Waals surface area contributed by atoms with Crippen LogP contribution in [0.1, 0.15) is 13.8 Å². The summed E-state index contributed by atoms with van der Waals surface area (Å²) in [5.41, 5.74) is -0.319. The summed E-state index contributed by atoms with van der Waals surface area (Å²) in [5.74, 6) is -0.0995. The first kappa shape index (κ1) is 5.41. The fourth-order valence-corrected chi connectivity index (χ4v) is 0.479. The first-order valence-corrected chi connectivity index (χ1v) is 2.55. The minimum atomic E-state index is -0.319. The number of hydrogen-bond donors (Lipinski definition) is 0. The van der Waals surface area contributed by atoms with Gasteiger partial charge in [-0.25, -0.2) is 0 Å². The van der Waals surface area contributed by atoms with Crippen molar-refractivity contribution < 1.29 is 4.79 Å². The Kier molecular flexibility index (Phi) is 0.927. The molecule has 1 aliphatic heterocycles. The standard InChI is InChI=1S/C5H8N2O/c1-5(2)3-6-7-4(5)8/h3H2,1-2H3. The molecule has 44 valence electrons. The molecule has 0 radical (unpaired) electrons. The maximum atomic E-state index is 10.6. The highest BCUT2D eigenvalue weighted by Crippen LogP contribution is 2.22. The fraction of sp³-hybridized carbons (Fsp3) is 0.800. The van der Waals surface area contributed by atoms with Crippen molar-refractivity contribution in [1.82, 2.24) is 0 Å². The van der Waals surface area contributed by atoms with Gasteiger partial charge in [0.2, 0.25) is 0 Å². The van der Waals surface area contributed by atoms with E-state index in [2.05, 4.69) is 10.2 Å². The molecule has 1 heterocycles. The highest BCUT2D eigenvalue weighted by atomic mass is 16.2. The van der Waals surface area contributed by atoms with Gasteiger partial charge in [-0.05, 0) is 13.8 Å². The summed E-state index contributed by atoms with van der Waals surface area (Å²) in [4.78, 5) is 10.6. The molecule has 0 unspecified atom stereocenters. The normalized spacial score (nSPS) is 24.5. The SMILES string of the molecule is CC1(C)CN=NC1=O. The molecule has 3 nitrogen and oxygen atoms in total. The van der Waals surface area contributed by atoms with Gasteiger partial charge in [0.25, 0.3) is 5.91 Å². The summed E-state index contributed by atoms with van der Waals surface area (Å²) in [7, 11) is 0. The average molecular weight is 112 g/mol. The number of azo groups is 1. The number of amides is 1. The lowest BCUT2D eigenvalue weighted by molar-refractivity contribution is -0.123. The zero-order valence-corrected chi connectivity index (χ0v) is 5.01. The fourth-order valence-electron chi connectivity index (χ4n) is 0.479. The monoisotopic (exact) mass is 112 g/mol. The summed E-state index contributed by atoms with van der Waals surface area (Å²) >= 11 is 0. The Morgan fingerprint density at radius 3 is 2.38 bits per heavy atom. The van der Waals surface area contributed by atoms with Gasteiger partial charge in [0.05, 0.1) is 12.0 Å². The first-order valence-electron chi connectivity index (χ1n) is 2.55. The number of carbonyl (C=O) groups is 1. The zero-order valence-electron chi connectivity index (χ0n) is 5.01. The van der Waals surface area contributed by atoms with Gasteiger partial charge in [0.1, 0.15) is 0 Å². The van der Waals surface area contributed by atoms with Crippen LogP contribution in [0, 0.1) is 5.41 Å². The highest BCUT2D eigenvalue weighted by molar-refractivity contribution is 5.83. The van der Waals surface area contributed by atoms with Crippen molar-refractivity contribution in [3.63, 3.8) is 0 Å². The lowest BCUT2D eigenvalue weighted by Gasteiger charge is -2.07. The van der Waals surface area contributed by atoms with E-state index in [1.54, 1.807) is 0 Å². The molecule has 0 N–H and O–H groups in total. The van der Waals surface area contributed by atoms with Crippen LogP contribution in [0.5, 0.6) is 0 Å². The number of hydrogen-bond acceptors (Lipinski definition) is 2. The van der Waals surface area contributed by atoms with Crippen molar-refractivity contribution in [1.29, 1.82) is 0 Å². The van der Waals surface area contributed by atoms with Crippen molar-refractivity contribution in [2.75, 3.05) is 6.54 Å². The highest BCUT2D eigenvalue weighted by Gasteiger charge is 2.31. The molecule has 0 saturated carbocycles. The van der Waals surface area contributed by atoms with Gasteiger partial charge in [-0.15, -0.1) is 5.11 Å². The molecule has 0 aromatic heterocycles. The Bertz CT molecular complexity index is 149. The van der Waals surface area contributed by atoms with Gasteiger partial charge < -0.3 is 0 Å². The third-order valence-electron chi connectivity index (χ3n) is 1.21. The van der Waals surface area contributed by atoms with Crippen LogP contribution < -0.4 is 0 Å². The molecule has 8 heavy (non-hydrogen) atoms. The van der Waals surface area contributed by atoms with Crippen molar-refractivity contribution in [2.24, 2.45) is 15.6 Å². The molecule has 0 aromatic rings. The molecule has 1 rings (SSSR count). The first-order chi connectivity index (χ1) is 3.63. The number of rotatable bonds is 0. The Labute approximate surface area is 47.8 Å². The minimum absolute atomic E-state index is 0.0995. The van der Waals surface area contributed by atoms with Gasteiger partial charge in [0.15, 0.2) is 0 Å². The molecule has 1 amide bonds. The van der Waals surface area contributed by atoms with Crippen molar-refractivity contribution in [3.8, 4) is 0 Å². The van der Waals surface area contributed by atoms with E-state index in [-0.39, 0.29) is 11.3 Å². The second-order valence-corrected chi connectivity index (χ2v) is 2.59. The van der Waals surface area contributed by atoms with Crippen molar-refractivity contribution >= 4 is 5.91 Å². The predicted octanol–water partition coefficient (Wildman–Crippen LogP) is 1.01. The number of carbonyl (C=O) groups excluding carboxylic acids is 1. The molecule has 0 aliphatic carbocycles. The molecule has 1 aliphatic rings. The Morgan fingerprint density at radius 2 is 2.25 bits per heavy atom. The molecular formula is C5H8N2O. The predicted molar refractivity (Wildman–Crippen MR) is 28.5 cm³/mol. The molecule has 0 atom stereocenters. The quantitative estimate of drug-likeness (QED) is 0.461. The maximum Gasteiger partial charge on any atom is 0.271 e. The molecule has 0 aromatic carbocycles. The van der Waals surface area contributed by atoms with Crippen LogP contribution in [-0.4, -0.2) is 12.5 Å². The smallest absolute Gasteiger partial charge is 0.270 e. The van der Waals surface area contributed by atoms with Crippen molar-refractivity contribution in [3.05, 3.63) is 0 Å². The zero-order chi connectivity index (χ0) is 6.20. The second-order valence-electron chi connectivity index (χ2n) is 2.59. The average Bonchev–Trinajstić information content (AvgIpc) is 1.86. The number of nitrogens with zero attached hydrogens (tertiary/aromatic N) is 2. The Balaban J connectivity index is 2.79. The van der Waals surface area contributed by atoms with Gasteiger partial charge in [-0.1, -0.05) is 0 Å². The van der Waals surface area contributed by atoms with Gasteiger partial charge in [-0.3, -0.25) is 4.79 Å². The van der Waals surface area contributed by atoms with Gasteiger partial charge in [-0.2, -0.15) is 5.11 Å². The lowest BCUT2D eigenvalue weighted by atomic mass is 9.94. The summed E-state index contributed by atoms with van der Waals surface area (Å²) in [6.45, 7) is 4.23.